The van der Waals surface area contributed by atoms with Gasteiger partial charge >= 0.3 is 0 Å². The second kappa shape index (κ2) is 6.57. The molecule has 0 saturated heterocycles. The molecule has 0 radical (unpaired) electrons. The van der Waals surface area contributed by atoms with Crippen molar-refractivity contribution < 1.29 is 14.3 Å². The van der Waals surface area contributed by atoms with Crippen LogP contribution in [0.4, 0.5) is 0 Å². The average molecular weight is 306 g/mol. The Kier molecular flexibility index (Phi) is 4.96. The van der Waals surface area contributed by atoms with Crippen LogP contribution in [0.25, 0.3) is 0 Å². The van der Waals surface area contributed by atoms with Crippen LogP contribution >= 0.6 is 0 Å². The summed E-state index contributed by atoms with van der Waals surface area (Å²) in [5.41, 5.74) is 6.45. The highest BCUT2D eigenvalue weighted by atomic mass is 16.5. The lowest BCUT2D eigenvalue weighted by atomic mass is 9.87. The fourth-order valence-electron chi connectivity index (χ4n) is 2.48. The third kappa shape index (κ3) is 3.35. The Hall–Kier alpha value is -1.75. The largest absolute Gasteiger partial charge is 0.497 e. The molecule has 0 spiro atoms. The van der Waals surface area contributed by atoms with Crippen molar-refractivity contribution in [2.45, 2.75) is 32.7 Å². The van der Waals surface area contributed by atoms with Gasteiger partial charge in [0.05, 0.1) is 18.6 Å². The summed E-state index contributed by atoms with van der Waals surface area (Å²) in [6, 6.07) is 5.68. The molecule has 122 valence electrons. The SMILES string of the molecule is COc1ccc2c(c1)CC(C(=O)NC(C)(CN)C(C)C)CO2. The molecular formula is C17H26N2O3. The molecule has 1 aliphatic rings. The Balaban J connectivity index is 2.09. The quantitative estimate of drug-likeness (QED) is 0.869. The van der Waals surface area contributed by atoms with E-state index < -0.39 is 5.54 Å². The van der Waals surface area contributed by atoms with E-state index in [0.29, 0.717) is 19.6 Å². The van der Waals surface area contributed by atoms with Crippen molar-refractivity contribution in [1.82, 2.24) is 5.32 Å². The van der Waals surface area contributed by atoms with Gasteiger partial charge in [-0.15, -0.1) is 0 Å². The maximum Gasteiger partial charge on any atom is 0.227 e. The van der Waals surface area contributed by atoms with Crippen LogP contribution in [0.5, 0.6) is 11.5 Å². The molecule has 0 aromatic heterocycles. The summed E-state index contributed by atoms with van der Waals surface area (Å²) in [5, 5.41) is 3.10. The number of methoxy groups -OCH3 is 1. The molecule has 22 heavy (non-hydrogen) atoms. The fourth-order valence-corrected chi connectivity index (χ4v) is 2.48. The molecule has 5 heteroatoms. The van der Waals surface area contributed by atoms with Crippen LogP contribution in [0.15, 0.2) is 18.2 Å². The van der Waals surface area contributed by atoms with Crippen molar-refractivity contribution in [1.29, 1.82) is 0 Å². The van der Waals surface area contributed by atoms with E-state index in [0.717, 1.165) is 17.1 Å². The van der Waals surface area contributed by atoms with Gasteiger partial charge in [0, 0.05) is 6.54 Å². The fraction of sp³-hybridized carbons (Fsp3) is 0.588. The summed E-state index contributed by atoms with van der Waals surface area (Å²) in [6.07, 6.45) is 0.650. The van der Waals surface area contributed by atoms with Crippen LogP contribution in [0.1, 0.15) is 26.3 Å². The maximum absolute atomic E-state index is 12.6. The van der Waals surface area contributed by atoms with E-state index in [1.165, 1.54) is 0 Å². The second-order valence-electron chi connectivity index (χ2n) is 6.45. The summed E-state index contributed by atoms with van der Waals surface area (Å²) in [7, 11) is 1.63. The van der Waals surface area contributed by atoms with Crippen LogP contribution < -0.4 is 20.5 Å². The number of ether oxygens (including phenoxy) is 2. The third-order valence-electron chi connectivity index (χ3n) is 4.65. The first-order valence-electron chi connectivity index (χ1n) is 7.71. The summed E-state index contributed by atoms with van der Waals surface area (Å²) >= 11 is 0. The first-order chi connectivity index (χ1) is 10.4. The van der Waals surface area contributed by atoms with Gasteiger partial charge in [0.2, 0.25) is 5.91 Å². The molecule has 2 unspecified atom stereocenters. The molecule has 1 aliphatic heterocycles. The summed E-state index contributed by atoms with van der Waals surface area (Å²) in [5.74, 6) is 1.66. The highest BCUT2D eigenvalue weighted by Gasteiger charge is 2.33. The first-order valence-corrected chi connectivity index (χ1v) is 7.71. The molecule has 5 nitrogen and oxygen atoms in total. The zero-order valence-electron chi connectivity index (χ0n) is 13.8. The Morgan fingerprint density at radius 2 is 2.27 bits per heavy atom. The lowest BCUT2D eigenvalue weighted by Crippen LogP contribution is -2.57. The van der Waals surface area contributed by atoms with Gasteiger partial charge in [-0.1, -0.05) is 13.8 Å². The second-order valence-corrected chi connectivity index (χ2v) is 6.45. The Morgan fingerprint density at radius 3 is 2.86 bits per heavy atom. The van der Waals surface area contributed by atoms with Crippen molar-refractivity contribution in [3.63, 3.8) is 0 Å². The summed E-state index contributed by atoms with van der Waals surface area (Å²) in [4.78, 5) is 12.6. The van der Waals surface area contributed by atoms with Crippen LogP contribution in [0.2, 0.25) is 0 Å². The maximum atomic E-state index is 12.6. The zero-order chi connectivity index (χ0) is 16.3. The van der Waals surface area contributed by atoms with Crippen LogP contribution in [0.3, 0.4) is 0 Å². The van der Waals surface area contributed by atoms with Crippen molar-refractivity contribution in [2.24, 2.45) is 17.6 Å². The van der Waals surface area contributed by atoms with Gasteiger partial charge < -0.3 is 20.5 Å². The average Bonchev–Trinajstić information content (AvgIpc) is 2.53. The van der Waals surface area contributed by atoms with Crippen LogP contribution in [-0.4, -0.2) is 31.7 Å². The lowest BCUT2D eigenvalue weighted by molar-refractivity contribution is -0.128. The van der Waals surface area contributed by atoms with Gasteiger partial charge in [-0.3, -0.25) is 4.79 Å². The zero-order valence-corrected chi connectivity index (χ0v) is 13.8. The van der Waals surface area contributed by atoms with E-state index in [-0.39, 0.29) is 17.7 Å². The van der Waals surface area contributed by atoms with Gasteiger partial charge in [0.15, 0.2) is 0 Å². The molecule has 1 amide bonds. The van der Waals surface area contributed by atoms with Crippen LogP contribution in [0, 0.1) is 11.8 Å². The monoisotopic (exact) mass is 306 g/mol. The van der Waals surface area contributed by atoms with Gasteiger partial charge in [0.1, 0.15) is 18.1 Å². The van der Waals surface area contributed by atoms with E-state index in [1.54, 1.807) is 7.11 Å². The standard InChI is InChI=1S/C17H26N2O3/c1-11(2)17(3,10-18)19-16(20)13-7-12-8-14(21-4)5-6-15(12)22-9-13/h5-6,8,11,13H,7,9-10,18H2,1-4H3,(H,19,20). The smallest absolute Gasteiger partial charge is 0.227 e. The number of nitrogens with one attached hydrogen (secondary N) is 1. The molecule has 2 atom stereocenters. The molecule has 2 rings (SSSR count). The number of amides is 1. The summed E-state index contributed by atoms with van der Waals surface area (Å²) in [6.45, 7) is 6.91. The number of rotatable bonds is 5. The summed E-state index contributed by atoms with van der Waals surface area (Å²) < 4.78 is 11.0. The van der Waals surface area contributed by atoms with E-state index in [4.69, 9.17) is 15.2 Å². The van der Waals surface area contributed by atoms with Crippen molar-refractivity contribution in [3.05, 3.63) is 23.8 Å². The Bertz CT molecular complexity index is 545. The number of nitrogens with two attached hydrogens (primary N) is 1. The van der Waals surface area contributed by atoms with Gasteiger partial charge in [-0.25, -0.2) is 0 Å². The molecule has 0 fully saturated rings. The molecule has 0 aliphatic carbocycles. The predicted molar refractivity (Wildman–Crippen MR) is 86.1 cm³/mol. The van der Waals surface area contributed by atoms with E-state index in [9.17, 15) is 4.79 Å². The number of fused-ring (bicyclic) bond motifs is 1. The third-order valence-corrected chi connectivity index (χ3v) is 4.65. The number of carbonyl (C=O) groups is 1. The minimum atomic E-state index is -0.397. The van der Waals surface area contributed by atoms with Crippen molar-refractivity contribution in [3.8, 4) is 11.5 Å². The molecule has 1 aromatic rings. The van der Waals surface area contributed by atoms with Gasteiger partial charge in [-0.2, -0.15) is 0 Å². The lowest BCUT2D eigenvalue weighted by Gasteiger charge is -2.35. The Labute approximate surface area is 132 Å². The molecule has 1 heterocycles. The highest BCUT2D eigenvalue weighted by Crippen LogP contribution is 2.31. The van der Waals surface area contributed by atoms with E-state index in [2.05, 4.69) is 19.2 Å². The van der Waals surface area contributed by atoms with E-state index >= 15 is 0 Å². The number of benzene rings is 1. The minimum Gasteiger partial charge on any atom is -0.497 e. The molecule has 1 aromatic carbocycles. The first kappa shape index (κ1) is 16.6. The molecular weight excluding hydrogens is 280 g/mol. The number of hydrogen-bond acceptors (Lipinski definition) is 4. The molecule has 0 saturated carbocycles. The van der Waals surface area contributed by atoms with Gasteiger partial charge in [-0.05, 0) is 43.0 Å². The molecule has 0 bridgehead atoms. The van der Waals surface area contributed by atoms with Crippen LogP contribution in [-0.2, 0) is 11.2 Å². The Morgan fingerprint density at radius 1 is 1.55 bits per heavy atom. The highest BCUT2D eigenvalue weighted by molar-refractivity contribution is 5.80. The predicted octanol–water partition coefficient (Wildman–Crippen LogP) is 1.74. The minimum absolute atomic E-state index is 0.00452. The van der Waals surface area contributed by atoms with Gasteiger partial charge in [0.25, 0.3) is 0 Å². The van der Waals surface area contributed by atoms with E-state index in [1.807, 2.05) is 25.1 Å². The normalized spacial score (nSPS) is 19.8. The van der Waals surface area contributed by atoms with Crippen molar-refractivity contribution in [2.75, 3.05) is 20.3 Å². The topological polar surface area (TPSA) is 73.6 Å². The number of carbonyl (C=O) groups excluding carboxylic acids is 1. The number of hydrogen-bond donors (Lipinski definition) is 2. The van der Waals surface area contributed by atoms with Crippen molar-refractivity contribution >= 4 is 5.91 Å². The molecule has 3 N–H and O–H groups in total.